The fourth-order valence-electron chi connectivity index (χ4n) is 0.627. The number of hydrogen-bond donors (Lipinski definition) is 1. The zero-order chi connectivity index (χ0) is 10.3. The molecule has 1 rings (SSSR count). The van der Waals surface area contributed by atoms with Gasteiger partial charge < -0.3 is 0 Å². The normalized spacial score (nSPS) is 9.46. The van der Waals surface area contributed by atoms with E-state index in [2.05, 4.69) is 0 Å². The molecule has 5 heteroatoms. The summed E-state index contributed by atoms with van der Waals surface area (Å²) in [6.07, 6.45) is 0.750. The van der Waals surface area contributed by atoms with E-state index in [1.807, 2.05) is 18.2 Å². The van der Waals surface area contributed by atoms with Crippen molar-refractivity contribution in [1.82, 2.24) is 0 Å². The van der Waals surface area contributed by atoms with Crippen molar-refractivity contribution in [2.75, 3.05) is 0 Å². The van der Waals surface area contributed by atoms with E-state index in [-0.39, 0.29) is 0 Å². The molecule has 0 aliphatic heterocycles. The lowest BCUT2D eigenvalue weighted by Crippen LogP contribution is -1.98. The van der Waals surface area contributed by atoms with E-state index in [4.69, 9.17) is 45.0 Å². The van der Waals surface area contributed by atoms with Crippen LogP contribution in [-0.4, -0.2) is 6.08 Å². The average molecular weight is 239 g/mol. The maximum atomic E-state index is 8.35. The largest absolute Gasteiger partial charge is 0.231 e. The minimum absolute atomic E-state index is 0.694. The van der Waals surface area contributed by atoms with Crippen molar-refractivity contribution in [3.63, 3.8) is 0 Å². The van der Waals surface area contributed by atoms with Gasteiger partial charge in [0, 0.05) is 5.56 Å². The van der Waals surface area contributed by atoms with Crippen molar-refractivity contribution in [2.45, 2.75) is 3.79 Å². The number of carbonyl (C=O) groups excluding carboxylic acids is 1. The van der Waals surface area contributed by atoms with E-state index < -0.39 is 3.79 Å². The Morgan fingerprint density at radius 2 is 1.54 bits per heavy atom. The van der Waals surface area contributed by atoms with E-state index >= 15 is 0 Å². The Hall–Kier alpha value is -0.530. The summed E-state index contributed by atoms with van der Waals surface area (Å²) in [4.78, 5) is 8.35. The van der Waals surface area contributed by atoms with Crippen molar-refractivity contribution in [2.24, 2.45) is 0 Å². The maximum absolute atomic E-state index is 8.35. The molecule has 0 spiro atoms. The monoisotopic (exact) mass is 237 g/mol. The van der Waals surface area contributed by atoms with Crippen LogP contribution in [0.3, 0.4) is 0 Å². The highest BCUT2D eigenvalue weighted by molar-refractivity contribution is 6.66. The van der Waals surface area contributed by atoms with Crippen molar-refractivity contribution >= 4 is 40.9 Å². The summed E-state index contributed by atoms with van der Waals surface area (Å²) < 4.78 is -1.29. The number of halogens is 3. The van der Waals surface area contributed by atoms with Crippen molar-refractivity contribution in [1.29, 1.82) is 5.41 Å². The fraction of sp³-hybridized carbons (Fsp3) is 0.125. The number of benzene rings is 1. The molecule has 1 N–H and O–H groups in total. The van der Waals surface area contributed by atoms with Gasteiger partial charge >= 0.3 is 0 Å². The summed E-state index contributed by atoms with van der Waals surface area (Å²) in [5, 5.41) is 5.40. The van der Waals surface area contributed by atoms with Gasteiger partial charge in [0.1, 0.15) is 0 Å². The summed E-state index contributed by atoms with van der Waals surface area (Å²) in [7, 11) is 0. The second-order valence-electron chi connectivity index (χ2n) is 1.97. The molecule has 2 nitrogen and oxygen atoms in total. The Morgan fingerprint density at radius 1 is 1.15 bits per heavy atom. The zero-order valence-corrected chi connectivity index (χ0v) is 8.70. The third-order valence-electron chi connectivity index (χ3n) is 1.10. The van der Waals surface area contributed by atoms with Crippen LogP contribution in [0.15, 0.2) is 30.3 Å². The Kier molecular flexibility index (Phi) is 5.76. The van der Waals surface area contributed by atoms with E-state index in [1.165, 1.54) is 0 Å². The molecule has 0 atom stereocenters. The van der Waals surface area contributed by atoms with Crippen LogP contribution in [0.1, 0.15) is 5.56 Å². The van der Waals surface area contributed by atoms with Gasteiger partial charge in [-0.2, -0.15) is 0 Å². The summed E-state index contributed by atoms with van der Waals surface area (Å²) in [5.41, 5.74) is 0.694. The molecule has 1 aromatic rings. The quantitative estimate of drug-likeness (QED) is 0.420. The van der Waals surface area contributed by atoms with Crippen LogP contribution in [-0.2, 0) is 8.59 Å². The van der Waals surface area contributed by atoms with Gasteiger partial charge in [-0.15, -0.1) is 0 Å². The molecule has 0 unspecified atom stereocenters. The van der Waals surface area contributed by atoms with E-state index in [1.54, 1.807) is 12.1 Å². The smallest absolute Gasteiger partial charge is 0.222 e. The number of rotatable bonds is 0. The molecule has 0 aliphatic carbocycles. The van der Waals surface area contributed by atoms with E-state index in [9.17, 15) is 0 Å². The predicted molar refractivity (Wildman–Crippen MR) is 54.1 cm³/mol. The second kappa shape index (κ2) is 6.01. The minimum Gasteiger partial charge on any atom is -0.222 e. The highest BCUT2D eigenvalue weighted by Gasteiger charge is 2.21. The molecule has 0 fully saturated rings. The maximum Gasteiger partial charge on any atom is 0.231 e. The Morgan fingerprint density at radius 3 is 1.77 bits per heavy atom. The Bertz CT molecular complexity index is 275. The van der Waals surface area contributed by atoms with Gasteiger partial charge in [0.15, 0.2) is 0 Å². The van der Waals surface area contributed by atoms with Crippen LogP contribution >= 0.6 is 34.8 Å². The standard InChI is InChI=1S/C7H5Cl3.CHNO/c8-7(9,10)6-4-2-1-3-5-6;2-1-3/h1-5H;2H. The molecule has 0 saturated carbocycles. The first-order chi connectivity index (χ1) is 6.02. The molecule has 0 bridgehead atoms. The molecule has 70 valence electrons. The minimum atomic E-state index is -1.29. The number of isocyanates is 1. The van der Waals surface area contributed by atoms with Crippen molar-refractivity contribution < 1.29 is 4.79 Å². The topological polar surface area (TPSA) is 40.9 Å². The highest BCUT2D eigenvalue weighted by atomic mass is 35.6. The lowest BCUT2D eigenvalue weighted by atomic mass is 10.2. The third kappa shape index (κ3) is 5.67. The lowest BCUT2D eigenvalue weighted by molar-refractivity contribution is 0.563. The van der Waals surface area contributed by atoms with Gasteiger partial charge in [0.2, 0.25) is 9.87 Å². The number of hydrogen-bond acceptors (Lipinski definition) is 2. The predicted octanol–water partition coefficient (Wildman–Crippen LogP) is 3.41. The molecule has 0 aromatic heterocycles. The molecule has 1 aromatic carbocycles. The molecule has 0 saturated heterocycles. The van der Waals surface area contributed by atoms with E-state index in [0.29, 0.717) is 5.56 Å². The first-order valence-electron chi connectivity index (χ1n) is 3.18. The Labute approximate surface area is 90.9 Å². The van der Waals surface area contributed by atoms with Crippen LogP contribution in [0, 0.1) is 5.41 Å². The molecule has 0 heterocycles. The van der Waals surface area contributed by atoms with Crippen LogP contribution in [0.5, 0.6) is 0 Å². The third-order valence-corrected chi connectivity index (χ3v) is 1.76. The van der Waals surface area contributed by atoms with Gasteiger partial charge in [0.05, 0.1) is 0 Å². The van der Waals surface area contributed by atoms with Gasteiger partial charge in [0.25, 0.3) is 0 Å². The van der Waals surface area contributed by atoms with E-state index in [0.717, 1.165) is 6.08 Å². The number of nitrogens with one attached hydrogen (secondary N) is 1. The molecule has 0 aliphatic rings. The summed E-state index contributed by atoms with van der Waals surface area (Å²) >= 11 is 16.8. The second-order valence-corrected chi connectivity index (χ2v) is 4.25. The Balaban J connectivity index is 0.000000424. The van der Waals surface area contributed by atoms with Crippen LogP contribution in [0.25, 0.3) is 0 Å². The summed E-state index contributed by atoms with van der Waals surface area (Å²) in [6.45, 7) is 0. The first-order valence-corrected chi connectivity index (χ1v) is 4.32. The number of alkyl halides is 3. The molecule has 13 heavy (non-hydrogen) atoms. The van der Waals surface area contributed by atoms with Crippen molar-refractivity contribution in [3.05, 3.63) is 35.9 Å². The molecule has 0 radical (unpaired) electrons. The highest BCUT2D eigenvalue weighted by Crippen LogP contribution is 2.37. The summed E-state index contributed by atoms with van der Waals surface area (Å²) in [5.74, 6) is 0. The van der Waals surface area contributed by atoms with Crippen LogP contribution in [0.2, 0.25) is 0 Å². The van der Waals surface area contributed by atoms with Gasteiger partial charge in [-0.3, -0.25) is 0 Å². The molecule has 0 amide bonds. The van der Waals surface area contributed by atoms with Gasteiger partial charge in [-0.1, -0.05) is 65.1 Å². The molecular weight excluding hydrogens is 232 g/mol. The lowest BCUT2D eigenvalue weighted by Gasteiger charge is -2.09. The van der Waals surface area contributed by atoms with Gasteiger partial charge in [-0.25, -0.2) is 10.2 Å². The van der Waals surface area contributed by atoms with Crippen LogP contribution < -0.4 is 0 Å². The average Bonchev–Trinajstić information content (AvgIpc) is 2.06. The zero-order valence-electron chi connectivity index (χ0n) is 6.43. The van der Waals surface area contributed by atoms with Crippen molar-refractivity contribution in [3.8, 4) is 0 Å². The van der Waals surface area contributed by atoms with Crippen LogP contribution in [0.4, 0.5) is 0 Å². The SMILES string of the molecule is ClC(Cl)(Cl)c1ccccc1.N=C=O. The molecular formula is C8H6Cl3NO. The fourth-order valence-corrected chi connectivity index (χ4v) is 1.01. The van der Waals surface area contributed by atoms with Gasteiger partial charge in [-0.05, 0) is 0 Å². The first kappa shape index (κ1) is 12.5. The summed E-state index contributed by atoms with van der Waals surface area (Å²) in [6, 6.07) is 9.08.